The van der Waals surface area contributed by atoms with Crippen LogP contribution in [0.5, 0.6) is 0 Å². The van der Waals surface area contributed by atoms with Crippen LogP contribution < -0.4 is 0 Å². The first-order valence-corrected chi connectivity index (χ1v) is 7.53. The van der Waals surface area contributed by atoms with Gasteiger partial charge in [-0.3, -0.25) is 4.79 Å². The second-order valence-electron chi connectivity index (χ2n) is 5.01. The molecule has 0 aromatic heterocycles. The maximum absolute atomic E-state index is 12.5. The Labute approximate surface area is 119 Å². The molecule has 1 amide bonds. The largest absolute Gasteiger partial charge is 0.336 e. The third-order valence-electron chi connectivity index (χ3n) is 2.89. The molecule has 0 saturated carbocycles. The van der Waals surface area contributed by atoms with Crippen LogP contribution in [0, 0.1) is 13.8 Å². The number of alkyl halides is 1. The molecule has 0 atom stereocenters. The van der Waals surface area contributed by atoms with Gasteiger partial charge in [0.2, 0.25) is 0 Å². The molecule has 1 aromatic rings. The van der Waals surface area contributed by atoms with E-state index in [9.17, 15) is 4.79 Å². The topological polar surface area (TPSA) is 20.3 Å². The molecule has 1 aromatic carbocycles. The predicted molar refractivity (Wildman–Crippen MR) is 80.5 cm³/mol. The summed E-state index contributed by atoms with van der Waals surface area (Å²) in [6.45, 7) is 8.99. The van der Waals surface area contributed by atoms with Gasteiger partial charge in [0.15, 0.2) is 0 Å². The number of carbonyl (C=O) groups excluding carboxylic acids is 1. The Bertz CT molecular complexity index is 395. The van der Waals surface area contributed by atoms with E-state index >= 15 is 0 Å². The lowest BCUT2D eigenvalue weighted by atomic mass is 10.1. The Morgan fingerprint density at radius 2 is 1.78 bits per heavy atom. The fourth-order valence-electron chi connectivity index (χ4n) is 2.09. The number of aryl methyl sites for hydroxylation is 2. The van der Waals surface area contributed by atoms with Crippen LogP contribution in [0.1, 0.15) is 41.8 Å². The number of nitrogens with zero attached hydrogens (tertiary/aromatic N) is 1. The lowest BCUT2D eigenvalue weighted by Crippen LogP contribution is -2.38. The van der Waals surface area contributed by atoms with Crippen molar-refractivity contribution in [3.8, 4) is 0 Å². The standard InChI is InChI=1S/C15H22BrNO/c1-11(2)17(7-5-6-16)15(18)14-9-12(3)8-13(4)10-14/h8-11H,5-7H2,1-4H3. The van der Waals surface area contributed by atoms with E-state index in [0.717, 1.165) is 35.0 Å². The van der Waals surface area contributed by atoms with Crippen molar-refractivity contribution in [2.45, 2.75) is 40.2 Å². The summed E-state index contributed by atoms with van der Waals surface area (Å²) >= 11 is 3.42. The molecule has 0 heterocycles. The van der Waals surface area contributed by atoms with Crippen molar-refractivity contribution in [3.63, 3.8) is 0 Å². The highest BCUT2D eigenvalue weighted by molar-refractivity contribution is 9.09. The van der Waals surface area contributed by atoms with Gasteiger partial charge in [0.1, 0.15) is 0 Å². The minimum absolute atomic E-state index is 0.137. The molecule has 3 heteroatoms. The average molecular weight is 312 g/mol. The van der Waals surface area contributed by atoms with Crippen LogP contribution in [0.15, 0.2) is 18.2 Å². The molecular weight excluding hydrogens is 290 g/mol. The Kier molecular flexibility index (Phi) is 5.86. The second kappa shape index (κ2) is 6.93. The zero-order valence-electron chi connectivity index (χ0n) is 11.7. The molecule has 0 aliphatic rings. The van der Waals surface area contributed by atoms with Crippen LogP contribution in [0.3, 0.4) is 0 Å². The van der Waals surface area contributed by atoms with E-state index in [1.165, 1.54) is 0 Å². The monoisotopic (exact) mass is 311 g/mol. The maximum Gasteiger partial charge on any atom is 0.254 e. The molecule has 100 valence electrons. The van der Waals surface area contributed by atoms with E-state index in [4.69, 9.17) is 0 Å². The predicted octanol–water partition coefficient (Wildman–Crippen LogP) is 3.94. The zero-order chi connectivity index (χ0) is 13.7. The van der Waals surface area contributed by atoms with Gasteiger partial charge in [0.05, 0.1) is 0 Å². The van der Waals surface area contributed by atoms with Crippen LogP contribution in [-0.2, 0) is 0 Å². The summed E-state index contributed by atoms with van der Waals surface area (Å²) in [6.07, 6.45) is 0.981. The summed E-state index contributed by atoms with van der Waals surface area (Å²) in [4.78, 5) is 14.4. The van der Waals surface area contributed by atoms with Crippen LogP contribution in [0.25, 0.3) is 0 Å². The molecule has 0 unspecified atom stereocenters. The first-order valence-electron chi connectivity index (χ1n) is 6.41. The number of halogens is 1. The number of carbonyl (C=O) groups is 1. The highest BCUT2D eigenvalue weighted by atomic mass is 79.9. The molecule has 0 aliphatic heterocycles. The molecule has 0 N–H and O–H groups in total. The van der Waals surface area contributed by atoms with Crippen LogP contribution in [0.2, 0.25) is 0 Å². The number of amides is 1. The second-order valence-corrected chi connectivity index (χ2v) is 5.80. The molecule has 0 radical (unpaired) electrons. The van der Waals surface area contributed by atoms with E-state index in [-0.39, 0.29) is 11.9 Å². The molecule has 0 saturated heterocycles. The normalized spacial score (nSPS) is 10.8. The fraction of sp³-hybridized carbons (Fsp3) is 0.533. The highest BCUT2D eigenvalue weighted by Crippen LogP contribution is 2.14. The van der Waals surface area contributed by atoms with Gasteiger partial charge in [0, 0.05) is 23.5 Å². The van der Waals surface area contributed by atoms with Crippen LogP contribution >= 0.6 is 15.9 Å². The Morgan fingerprint density at radius 3 is 2.22 bits per heavy atom. The summed E-state index contributed by atoms with van der Waals surface area (Å²) in [6, 6.07) is 6.27. The summed E-state index contributed by atoms with van der Waals surface area (Å²) in [7, 11) is 0. The molecule has 2 nitrogen and oxygen atoms in total. The SMILES string of the molecule is Cc1cc(C)cc(C(=O)N(CCCBr)C(C)C)c1. The lowest BCUT2D eigenvalue weighted by molar-refractivity contribution is 0.0706. The highest BCUT2D eigenvalue weighted by Gasteiger charge is 2.18. The molecule has 0 spiro atoms. The van der Waals surface area contributed by atoms with Gasteiger partial charge in [0.25, 0.3) is 5.91 Å². The molecule has 0 bridgehead atoms. The van der Waals surface area contributed by atoms with Crippen molar-refractivity contribution in [1.82, 2.24) is 4.90 Å². The smallest absolute Gasteiger partial charge is 0.254 e. The zero-order valence-corrected chi connectivity index (χ0v) is 13.3. The number of benzene rings is 1. The summed E-state index contributed by atoms with van der Waals surface area (Å²) in [5.41, 5.74) is 3.08. The quantitative estimate of drug-likeness (QED) is 0.754. The minimum atomic E-state index is 0.137. The van der Waals surface area contributed by atoms with Gasteiger partial charge in [-0.25, -0.2) is 0 Å². The first-order chi connectivity index (χ1) is 8.45. The van der Waals surface area contributed by atoms with Crippen molar-refractivity contribution in [1.29, 1.82) is 0 Å². The fourth-order valence-corrected chi connectivity index (χ4v) is 2.34. The summed E-state index contributed by atoms with van der Waals surface area (Å²) < 4.78 is 0. The van der Waals surface area contributed by atoms with E-state index in [1.54, 1.807) is 0 Å². The van der Waals surface area contributed by atoms with Crippen molar-refractivity contribution >= 4 is 21.8 Å². The number of hydrogen-bond donors (Lipinski definition) is 0. The van der Waals surface area contributed by atoms with E-state index in [1.807, 2.05) is 30.9 Å². The van der Waals surface area contributed by atoms with Crippen molar-refractivity contribution < 1.29 is 4.79 Å². The van der Waals surface area contributed by atoms with E-state index in [0.29, 0.717) is 0 Å². The Morgan fingerprint density at radius 1 is 1.22 bits per heavy atom. The third-order valence-corrected chi connectivity index (χ3v) is 3.45. The number of rotatable bonds is 5. The molecule has 0 aliphatic carbocycles. The first kappa shape index (κ1) is 15.2. The van der Waals surface area contributed by atoms with Crippen molar-refractivity contribution in [3.05, 3.63) is 34.9 Å². The summed E-state index contributed by atoms with van der Waals surface area (Å²) in [5, 5.41) is 0.927. The summed E-state index contributed by atoms with van der Waals surface area (Å²) in [5.74, 6) is 0.137. The van der Waals surface area contributed by atoms with Gasteiger partial charge in [-0.05, 0) is 46.2 Å². The molecule has 18 heavy (non-hydrogen) atoms. The van der Waals surface area contributed by atoms with Gasteiger partial charge in [-0.2, -0.15) is 0 Å². The minimum Gasteiger partial charge on any atom is -0.336 e. The third kappa shape index (κ3) is 4.13. The molecular formula is C15H22BrNO. The Hall–Kier alpha value is -0.830. The van der Waals surface area contributed by atoms with Gasteiger partial charge < -0.3 is 4.90 Å². The molecule has 1 rings (SSSR count). The maximum atomic E-state index is 12.5. The van der Waals surface area contributed by atoms with Crippen LogP contribution in [0.4, 0.5) is 0 Å². The van der Waals surface area contributed by atoms with Crippen LogP contribution in [-0.4, -0.2) is 28.7 Å². The van der Waals surface area contributed by atoms with Crippen molar-refractivity contribution in [2.24, 2.45) is 0 Å². The van der Waals surface area contributed by atoms with Gasteiger partial charge in [-0.15, -0.1) is 0 Å². The Balaban J connectivity index is 2.94. The lowest BCUT2D eigenvalue weighted by Gasteiger charge is -2.27. The molecule has 0 fully saturated rings. The van der Waals surface area contributed by atoms with Gasteiger partial charge in [-0.1, -0.05) is 33.1 Å². The van der Waals surface area contributed by atoms with E-state index in [2.05, 4.69) is 35.8 Å². The van der Waals surface area contributed by atoms with E-state index < -0.39 is 0 Å². The van der Waals surface area contributed by atoms with Gasteiger partial charge >= 0.3 is 0 Å². The van der Waals surface area contributed by atoms with Crippen molar-refractivity contribution in [2.75, 3.05) is 11.9 Å². The number of hydrogen-bond acceptors (Lipinski definition) is 1. The average Bonchev–Trinajstić information content (AvgIpc) is 2.27.